The fraction of sp³-hybridized carbons (Fsp3) is 0.550. The maximum Gasteiger partial charge on any atom is 0.330 e. The molecule has 0 aromatic heterocycles. The third kappa shape index (κ3) is 3.27. The Morgan fingerprint density at radius 2 is 1.57 bits per heavy atom. The molecular formula is C20H27NO7. The second-order valence-electron chi connectivity index (χ2n) is 7.72. The highest BCUT2D eigenvalue weighted by molar-refractivity contribution is 6.43. The second kappa shape index (κ2) is 7.69. The average molecular weight is 393 g/mol. The summed E-state index contributed by atoms with van der Waals surface area (Å²) in [5.41, 5.74) is -2.15. The molecule has 1 fully saturated rings. The van der Waals surface area contributed by atoms with Gasteiger partial charge < -0.3 is 24.2 Å². The van der Waals surface area contributed by atoms with E-state index in [-0.39, 0.29) is 23.6 Å². The first-order valence-corrected chi connectivity index (χ1v) is 8.94. The third-order valence-electron chi connectivity index (χ3n) is 5.34. The van der Waals surface area contributed by atoms with Crippen LogP contribution in [0.2, 0.25) is 0 Å². The molecule has 8 nitrogen and oxygen atoms in total. The molecule has 0 saturated carbocycles. The molecule has 0 bridgehead atoms. The van der Waals surface area contributed by atoms with Gasteiger partial charge in [-0.25, -0.2) is 4.79 Å². The quantitative estimate of drug-likeness (QED) is 0.585. The summed E-state index contributed by atoms with van der Waals surface area (Å²) in [5, 5.41) is 9.94. The lowest BCUT2D eigenvalue weighted by atomic mass is 9.71. The van der Waals surface area contributed by atoms with Gasteiger partial charge >= 0.3 is 5.97 Å². The Morgan fingerprint density at radius 3 is 1.96 bits per heavy atom. The van der Waals surface area contributed by atoms with Crippen molar-refractivity contribution in [2.24, 2.45) is 5.41 Å². The predicted molar refractivity (Wildman–Crippen MR) is 101 cm³/mol. The number of carbonyl (C=O) groups excluding carboxylic acids is 2. The number of likely N-dealkylation sites (tertiary alicyclic amines) is 1. The molecule has 1 amide bonds. The first-order valence-electron chi connectivity index (χ1n) is 8.94. The van der Waals surface area contributed by atoms with Gasteiger partial charge in [0.15, 0.2) is 11.5 Å². The number of carboxylic acids is 1. The number of rotatable bonds is 6. The van der Waals surface area contributed by atoms with E-state index in [9.17, 15) is 19.5 Å². The van der Waals surface area contributed by atoms with Crippen molar-refractivity contribution in [2.75, 3.05) is 27.9 Å². The number of benzene rings is 1. The highest BCUT2D eigenvalue weighted by atomic mass is 16.5. The first kappa shape index (κ1) is 21.5. The van der Waals surface area contributed by atoms with Crippen molar-refractivity contribution in [1.29, 1.82) is 0 Å². The van der Waals surface area contributed by atoms with Crippen LogP contribution in [0, 0.1) is 5.41 Å². The number of carboxylic acid groups (broad SMARTS) is 1. The van der Waals surface area contributed by atoms with E-state index in [1.54, 1.807) is 20.8 Å². The molecule has 0 spiro atoms. The van der Waals surface area contributed by atoms with E-state index < -0.39 is 28.6 Å². The smallest absolute Gasteiger partial charge is 0.330 e. The molecule has 0 aliphatic carbocycles. The van der Waals surface area contributed by atoms with E-state index in [2.05, 4.69) is 0 Å². The average Bonchev–Trinajstić information content (AvgIpc) is 3.11. The molecule has 28 heavy (non-hydrogen) atoms. The zero-order valence-electron chi connectivity index (χ0n) is 17.1. The van der Waals surface area contributed by atoms with Crippen LogP contribution in [0.3, 0.4) is 0 Å². The molecule has 1 aliphatic heterocycles. The van der Waals surface area contributed by atoms with Crippen molar-refractivity contribution in [3.63, 3.8) is 0 Å². The molecule has 1 unspecified atom stereocenters. The molecule has 1 heterocycles. The summed E-state index contributed by atoms with van der Waals surface area (Å²) in [5.74, 6) is -2.02. The van der Waals surface area contributed by atoms with Crippen molar-refractivity contribution in [3.8, 4) is 17.2 Å². The van der Waals surface area contributed by atoms with Crippen LogP contribution in [-0.4, -0.2) is 61.1 Å². The molecule has 8 heteroatoms. The number of ketones is 1. The van der Waals surface area contributed by atoms with Gasteiger partial charge in [0, 0.05) is 12.1 Å². The lowest BCUT2D eigenvalue weighted by Gasteiger charge is -2.44. The van der Waals surface area contributed by atoms with Gasteiger partial charge in [-0.15, -0.1) is 0 Å². The van der Waals surface area contributed by atoms with Crippen LogP contribution < -0.4 is 14.2 Å². The van der Waals surface area contributed by atoms with Gasteiger partial charge in [-0.05, 0) is 30.4 Å². The molecule has 1 aromatic carbocycles. The Hall–Kier alpha value is -2.77. The summed E-state index contributed by atoms with van der Waals surface area (Å²) in [7, 11) is 4.24. The molecule has 1 N–H and O–H groups in total. The fourth-order valence-corrected chi connectivity index (χ4v) is 3.88. The van der Waals surface area contributed by atoms with E-state index >= 15 is 0 Å². The van der Waals surface area contributed by atoms with Crippen molar-refractivity contribution in [3.05, 3.63) is 17.7 Å². The Balaban J connectivity index is 2.50. The zero-order chi connectivity index (χ0) is 21.3. The molecule has 1 aliphatic rings. The topological polar surface area (TPSA) is 102 Å². The molecule has 1 saturated heterocycles. The Labute approximate surface area is 164 Å². The highest BCUT2D eigenvalue weighted by Crippen LogP contribution is 2.44. The van der Waals surface area contributed by atoms with E-state index in [0.717, 1.165) is 0 Å². The maximum atomic E-state index is 13.1. The first-order chi connectivity index (χ1) is 13.0. The third-order valence-corrected chi connectivity index (χ3v) is 5.34. The number of aliphatic carboxylic acids is 1. The van der Waals surface area contributed by atoms with Gasteiger partial charge in [0.05, 0.1) is 21.3 Å². The lowest BCUT2D eigenvalue weighted by molar-refractivity contribution is -0.162. The number of nitrogens with zero attached hydrogens (tertiary/aromatic N) is 1. The standard InChI is InChI=1S/C20H27NO7/c1-19(2,3)20(18(24)25)8-7-9-21(20)17(23)15(22)12-10-13(26-4)16(28-6)14(11-12)27-5/h10-11H,7-9H2,1-6H3,(H,24,25). The number of ether oxygens (including phenoxy) is 3. The molecule has 1 aromatic rings. The second-order valence-corrected chi connectivity index (χ2v) is 7.72. The minimum atomic E-state index is -1.44. The van der Waals surface area contributed by atoms with Crippen molar-refractivity contribution in [1.82, 2.24) is 4.90 Å². The Bertz CT molecular complexity index is 771. The van der Waals surface area contributed by atoms with Gasteiger partial charge in [-0.3, -0.25) is 9.59 Å². The minimum absolute atomic E-state index is 0.0413. The Kier molecular flexibility index (Phi) is 5.91. The molecular weight excluding hydrogens is 366 g/mol. The lowest BCUT2D eigenvalue weighted by Crippen LogP contribution is -2.61. The minimum Gasteiger partial charge on any atom is -0.493 e. The summed E-state index contributed by atoms with van der Waals surface area (Å²) in [6.45, 7) is 5.49. The van der Waals surface area contributed by atoms with E-state index in [1.165, 1.54) is 38.4 Å². The maximum absolute atomic E-state index is 13.1. The summed E-state index contributed by atoms with van der Waals surface area (Å²) in [4.78, 5) is 39.4. The SMILES string of the molecule is COc1cc(C(=O)C(=O)N2CCCC2(C(=O)O)C(C)(C)C)cc(OC)c1OC. The number of Topliss-reactive ketones (excluding diaryl/α,β-unsaturated/α-hetero) is 1. The van der Waals surface area contributed by atoms with E-state index in [0.29, 0.717) is 18.6 Å². The highest BCUT2D eigenvalue weighted by Gasteiger charge is 2.58. The monoisotopic (exact) mass is 393 g/mol. The van der Waals surface area contributed by atoms with Gasteiger partial charge in [-0.2, -0.15) is 0 Å². The normalized spacial score (nSPS) is 19.3. The van der Waals surface area contributed by atoms with Crippen LogP contribution in [0.5, 0.6) is 17.2 Å². The van der Waals surface area contributed by atoms with Crippen LogP contribution in [0.15, 0.2) is 12.1 Å². The summed E-state index contributed by atoms with van der Waals surface area (Å²) >= 11 is 0. The number of hydrogen-bond acceptors (Lipinski definition) is 6. The number of carbonyl (C=O) groups is 3. The fourth-order valence-electron chi connectivity index (χ4n) is 3.88. The van der Waals surface area contributed by atoms with E-state index in [4.69, 9.17) is 14.2 Å². The van der Waals surface area contributed by atoms with Crippen molar-refractivity contribution >= 4 is 17.7 Å². The van der Waals surface area contributed by atoms with Crippen molar-refractivity contribution in [2.45, 2.75) is 39.2 Å². The summed E-state index contributed by atoms with van der Waals surface area (Å²) in [6.07, 6.45) is 0.804. The summed E-state index contributed by atoms with van der Waals surface area (Å²) in [6, 6.07) is 2.77. The molecule has 154 valence electrons. The van der Waals surface area contributed by atoms with Gasteiger partial charge in [-0.1, -0.05) is 20.8 Å². The van der Waals surface area contributed by atoms with Crippen LogP contribution in [0.1, 0.15) is 44.0 Å². The van der Waals surface area contributed by atoms with Gasteiger partial charge in [0.2, 0.25) is 5.75 Å². The Morgan fingerprint density at radius 1 is 1.04 bits per heavy atom. The molecule has 1 atom stereocenters. The largest absolute Gasteiger partial charge is 0.493 e. The molecule has 0 radical (unpaired) electrons. The van der Waals surface area contributed by atoms with Crippen LogP contribution in [0.25, 0.3) is 0 Å². The van der Waals surface area contributed by atoms with Crippen LogP contribution >= 0.6 is 0 Å². The number of amides is 1. The van der Waals surface area contributed by atoms with Crippen LogP contribution in [-0.2, 0) is 9.59 Å². The molecule has 2 rings (SSSR count). The summed E-state index contributed by atoms with van der Waals surface area (Å²) < 4.78 is 15.7. The van der Waals surface area contributed by atoms with Gasteiger partial charge in [0.1, 0.15) is 5.54 Å². The zero-order valence-corrected chi connectivity index (χ0v) is 17.1. The number of hydrogen-bond donors (Lipinski definition) is 1. The van der Waals surface area contributed by atoms with Crippen LogP contribution in [0.4, 0.5) is 0 Å². The predicted octanol–water partition coefficient (Wildman–Crippen LogP) is 2.39. The van der Waals surface area contributed by atoms with Crippen molar-refractivity contribution < 1.29 is 33.7 Å². The van der Waals surface area contributed by atoms with E-state index in [1.807, 2.05) is 0 Å². The number of methoxy groups -OCH3 is 3. The van der Waals surface area contributed by atoms with Gasteiger partial charge in [0.25, 0.3) is 11.7 Å².